The minimum atomic E-state index is -4.53. The van der Waals surface area contributed by atoms with Gasteiger partial charge in [0.1, 0.15) is 5.75 Å². The monoisotopic (exact) mass is 567 g/mol. The Morgan fingerprint density at radius 2 is 1.68 bits per heavy atom. The van der Waals surface area contributed by atoms with Gasteiger partial charge in [-0.15, -0.1) is 10.2 Å². The van der Waals surface area contributed by atoms with Gasteiger partial charge in [-0.1, -0.05) is 75.0 Å². The van der Waals surface area contributed by atoms with Gasteiger partial charge in [0.2, 0.25) is 0 Å². The summed E-state index contributed by atoms with van der Waals surface area (Å²) in [5, 5.41) is 12.9. The highest BCUT2D eigenvalue weighted by Crippen LogP contribution is 2.32. The standard InChI is InChI=1S/C29H28F3N5O2S/c1-28(2,3)21-11-9-19(10-12-21)26-35-36-27(37(26)22-13-15-23(39-4)16-14-22)40-18-25(38)34-33-17-20-7-5-6-8-24(20)29(30,31)32/h5-17H,18H2,1-4H3,(H,34,38). The van der Waals surface area contributed by atoms with Crippen molar-refractivity contribution in [3.05, 3.63) is 89.5 Å². The Morgan fingerprint density at radius 1 is 1.00 bits per heavy atom. The third-order valence-corrected chi connectivity index (χ3v) is 6.89. The molecule has 1 N–H and O–H groups in total. The van der Waals surface area contributed by atoms with Crippen LogP contribution in [0.1, 0.15) is 37.5 Å². The van der Waals surface area contributed by atoms with Crippen LogP contribution in [-0.4, -0.2) is 39.7 Å². The van der Waals surface area contributed by atoms with Crippen LogP contribution in [0.5, 0.6) is 5.75 Å². The molecule has 0 radical (unpaired) electrons. The van der Waals surface area contributed by atoms with Crippen LogP contribution >= 0.6 is 11.8 Å². The minimum absolute atomic E-state index is 0.00609. The Kier molecular flexibility index (Phi) is 8.63. The first kappa shape index (κ1) is 28.9. The van der Waals surface area contributed by atoms with E-state index in [1.54, 1.807) is 7.11 Å². The quantitative estimate of drug-likeness (QED) is 0.149. The zero-order valence-electron chi connectivity index (χ0n) is 22.4. The van der Waals surface area contributed by atoms with Gasteiger partial charge in [0, 0.05) is 16.8 Å². The number of halogens is 3. The number of carbonyl (C=O) groups is 1. The second-order valence-corrected chi connectivity index (χ2v) is 10.8. The number of nitrogens with zero attached hydrogens (tertiary/aromatic N) is 4. The molecule has 0 bridgehead atoms. The lowest BCUT2D eigenvalue weighted by atomic mass is 9.87. The van der Waals surface area contributed by atoms with E-state index in [2.05, 4.69) is 53.6 Å². The molecule has 0 saturated carbocycles. The summed E-state index contributed by atoms with van der Waals surface area (Å²) in [6, 6.07) is 20.4. The fourth-order valence-corrected chi connectivity index (χ4v) is 4.58. The highest BCUT2D eigenvalue weighted by Gasteiger charge is 2.32. The molecular weight excluding hydrogens is 539 g/mol. The summed E-state index contributed by atoms with van der Waals surface area (Å²) in [4.78, 5) is 12.5. The molecule has 40 heavy (non-hydrogen) atoms. The van der Waals surface area contributed by atoms with E-state index in [4.69, 9.17) is 4.74 Å². The molecule has 0 unspecified atom stereocenters. The number of amides is 1. The minimum Gasteiger partial charge on any atom is -0.497 e. The zero-order chi connectivity index (χ0) is 28.9. The summed E-state index contributed by atoms with van der Waals surface area (Å²) < 4.78 is 46.7. The summed E-state index contributed by atoms with van der Waals surface area (Å²) in [5.41, 5.74) is 4.09. The van der Waals surface area contributed by atoms with E-state index < -0.39 is 17.6 Å². The number of benzene rings is 3. The average Bonchev–Trinajstić information content (AvgIpc) is 3.35. The van der Waals surface area contributed by atoms with Gasteiger partial charge < -0.3 is 4.74 Å². The number of carbonyl (C=O) groups excluding carboxylic acids is 1. The molecule has 7 nitrogen and oxygen atoms in total. The van der Waals surface area contributed by atoms with Gasteiger partial charge in [-0.05, 0) is 41.3 Å². The number of nitrogens with one attached hydrogen (secondary N) is 1. The lowest BCUT2D eigenvalue weighted by molar-refractivity contribution is -0.137. The molecule has 3 aromatic carbocycles. The van der Waals surface area contributed by atoms with Crippen LogP contribution in [0.15, 0.2) is 83.1 Å². The molecule has 0 saturated heterocycles. The zero-order valence-corrected chi connectivity index (χ0v) is 23.2. The first-order valence-electron chi connectivity index (χ1n) is 12.3. The Hall–Kier alpha value is -4.12. The van der Waals surface area contributed by atoms with Crippen molar-refractivity contribution in [3.63, 3.8) is 0 Å². The fourth-order valence-electron chi connectivity index (χ4n) is 3.84. The Balaban J connectivity index is 1.54. The molecule has 208 valence electrons. The van der Waals surface area contributed by atoms with Crippen LogP contribution in [0.3, 0.4) is 0 Å². The number of ether oxygens (including phenoxy) is 1. The highest BCUT2D eigenvalue weighted by atomic mass is 32.2. The number of thioether (sulfide) groups is 1. The number of aromatic nitrogens is 3. The molecule has 1 aromatic heterocycles. The molecule has 0 aliphatic heterocycles. The molecule has 0 fully saturated rings. The number of hydrazone groups is 1. The Morgan fingerprint density at radius 3 is 2.30 bits per heavy atom. The smallest absolute Gasteiger partial charge is 0.417 e. The number of alkyl halides is 3. The molecule has 0 aliphatic carbocycles. The van der Waals surface area contributed by atoms with Crippen LogP contribution in [0.4, 0.5) is 13.2 Å². The van der Waals surface area contributed by atoms with Crippen molar-refractivity contribution in [2.75, 3.05) is 12.9 Å². The maximum Gasteiger partial charge on any atom is 0.417 e. The van der Waals surface area contributed by atoms with Gasteiger partial charge in [-0.2, -0.15) is 18.3 Å². The first-order chi connectivity index (χ1) is 19.0. The maximum atomic E-state index is 13.2. The van der Waals surface area contributed by atoms with E-state index in [9.17, 15) is 18.0 Å². The molecule has 4 aromatic rings. The van der Waals surface area contributed by atoms with Crippen LogP contribution in [-0.2, 0) is 16.4 Å². The lowest BCUT2D eigenvalue weighted by Gasteiger charge is -2.19. The Bertz CT molecular complexity index is 1490. The van der Waals surface area contributed by atoms with Crippen LogP contribution < -0.4 is 10.2 Å². The van der Waals surface area contributed by atoms with Gasteiger partial charge in [0.05, 0.1) is 24.6 Å². The van der Waals surface area contributed by atoms with Gasteiger partial charge in [0.25, 0.3) is 5.91 Å². The van der Waals surface area contributed by atoms with Crippen LogP contribution in [0.2, 0.25) is 0 Å². The molecule has 0 spiro atoms. The van der Waals surface area contributed by atoms with Gasteiger partial charge in [0.15, 0.2) is 11.0 Å². The largest absolute Gasteiger partial charge is 0.497 e. The van der Waals surface area contributed by atoms with E-state index >= 15 is 0 Å². The van der Waals surface area contributed by atoms with Crippen molar-refractivity contribution in [1.29, 1.82) is 0 Å². The van der Waals surface area contributed by atoms with Crippen molar-refractivity contribution >= 4 is 23.9 Å². The van der Waals surface area contributed by atoms with Crippen molar-refractivity contribution in [2.24, 2.45) is 5.10 Å². The molecule has 4 rings (SSSR count). The fraction of sp³-hybridized carbons (Fsp3) is 0.241. The van der Waals surface area contributed by atoms with Gasteiger partial charge in [-0.25, -0.2) is 5.43 Å². The highest BCUT2D eigenvalue weighted by molar-refractivity contribution is 7.99. The summed E-state index contributed by atoms with van der Waals surface area (Å²) in [7, 11) is 1.58. The van der Waals surface area contributed by atoms with E-state index in [0.717, 1.165) is 35.3 Å². The second-order valence-electron chi connectivity index (χ2n) is 9.83. The SMILES string of the molecule is COc1ccc(-n2c(SCC(=O)NN=Cc3ccccc3C(F)(F)F)nnc2-c2ccc(C(C)(C)C)cc2)cc1. The third-order valence-electron chi connectivity index (χ3n) is 5.96. The topological polar surface area (TPSA) is 81.4 Å². The predicted molar refractivity (Wildman–Crippen MR) is 150 cm³/mol. The van der Waals surface area contributed by atoms with E-state index in [1.807, 2.05) is 41.0 Å². The Labute approximate surface area is 234 Å². The normalized spacial score (nSPS) is 12.1. The van der Waals surface area contributed by atoms with Gasteiger partial charge in [-0.3, -0.25) is 9.36 Å². The predicted octanol–water partition coefficient (Wildman–Crippen LogP) is 6.50. The number of hydrogen-bond acceptors (Lipinski definition) is 6. The molecule has 1 heterocycles. The number of rotatable bonds is 8. The third kappa shape index (κ3) is 6.90. The van der Waals surface area contributed by atoms with E-state index in [-0.39, 0.29) is 16.7 Å². The molecule has 0 aliphatic rings. The van der Waals surface area contributed by atoms with Crippen LogP contribution in [0.25, 0.3) is 17.1 Å². The lowest BCUT2D eigenvalue weighted by Crippen LogP contribution is -2.20. The van der Waals surface area contributed by atoms with Crippen molar-refractivity contribution in [1.82, 2.24) is 20.2 Å². The summed E-state index contributed by atoms with van der Waals surface area (Å²) in [6.07, 6.45) is -3.55. The average molecular weight is 568 g/mol. The first-order valence-corrected chi connectivity index (χ1v) is 13.3. The summed E-state index contributed by atoms with van der Waals surface area (Å²) >= 11 is 1.13. The maximum absolute atomic E-state index is 13.2. The molecular formula is C29H28F3N5O2S. The van der Waals surface area contributed by atoms with Crippen LogP contribution in [0, 0.1) is 0 Å². The summed E-state index contributed by atoms with van der Waals surface area (Å²) in [5.74, 6) is 0.683. The van der Waals surface area contributed by atoms with E-state index in [0.29, 0.717) is 16.7 Å². The molecule has 11 heteroatoms. The molecule has 1 amide bonds. The number of hydrogen-bond donors (Lipinski definition) is 1. The number of methoxy groups -OCH3 is 1. The van der Waals surface area contributed by atoms with E-state index in [1.165, 1.54) is 23.8 Å². The van der Waals surface area contributed by atoms with Crippen molar-refractivity contribution in [2.45, 2.75) is 37.5 Å². The van der Waals surface area contributed by atoms with Gasteiger partial charge >= 0.3 is 6.18 Å². The molecule has 0 atom stereocenters. The summed E-state index contributed by atoms with van der Waals surface area (Å²) in [6.45, 7) is 6.42. The van der Waals surface area contributed by atoms with Crippen molar-refractivity contribution in [3.8, 4) is 22.8 Å². The second kappa shape index (κ2) is 12.0. The van der Waals surface area contributed by atoms with Crippen molar-refractivity contribution < 1.29 is 22.7 Å².